The van der Waals surface area contributed by atoms with Crippen LogP contribution < -0.4 is 15.0 Å². The van der Waals surface area contributed by atoms with Crippen molar-refractivity contribution in [2.45, 2.75) is 51.6 Å². The number of benzene rings is 2. The third-order valence-electron chi connectivity index (χ3n) is 6.71. The summed E-state index contributed by atoms with van der Waals surface area (Å²) in [5.41, 5.74) is 3.76. The molecule has 0 aliphatic carbocycles. The van der Waals surface area contributed by atoms with Crippen LogP contribution in [0.5, 0.6) is 5.75 Å². The number of carbonyl (C=O) groups excluding carboxylic acids is 1. The zero-order valence-corrected chi connectivity index (χ0v) is 22.6. The molecule has 1 amide bonds. The van der Waals surface area contributed by atoms with Crippen molar-refractivity contribution < 1.29 is 17.9 Å². The summed E-state index contributed by atoms with van der Waals surface area (Å²) in [6.07, 6.45) is 3.39. The van der Waals surface area contributed by atoms with Crippen LogP contribution in [0.2, 0.25) is 0 Å². The Morgan fingerprint density at radius 1 is 1.11 bits per heavy atom. The molecule has 0 bridgehead atoms. The zero-order chi connectivity index (χ0) is 26.6. The lowest BCUT2D eigenvalue weighted by Gasteiger charge is -2.37. The van der Waals surface area contributed by atoms with E-state index in [1.165, 1.54) is 5.56 Å². The molecule has 1 atom stereocenters. The van der Waals surface area contributed by atoms with Crippen LogP contribution in [0.4, 0.5) is 5.95 Å². The summed E-state index contributed by atoms with van der Waals surface area (Å²) in [6.45, 7) is 10.2. The maximum atomic E-state index is 13.0. The Bertz CT molecular complexity index is 1340. The molecule has 0 saturated carbocycles. The first-order chi connectivity index (χ1) is 17.7. The van der Waals surface area contributed by atoms with E-state index in [0.29, 0.717) is 47.8 Å². The highest BCUT2D eigenvalue weighted by Gasteiger charge is 2.29. The molecule has 1 aromatic heterocycles. The highest BCUT2D eigenvalue weighted by Crippen LogP contribution is 2.35. The normalized spacial score (nSPS) is 15.4. The number of amides is 1. The Kier molecular flexibility index (Phi) is 8.12. The Balaban J connectivity index is 1.49. The van der Waals surface area contributed by atoms with Gasteiger partial charge in [-0.2, -0.15) is 0 Å². The van der Waals surface area contributed by atoms with Crippen LogP contribution >= 0.6 is 0 Å². The van der Waals surface area contributed by atoms with Gasteiger partial charge < -0.3 is 15.0 Å². The number of ether oxygens (including phenoxy) is 1. The van der Waals surface area contributed by atoms with Gasteiger partial charge in [-0.3, -0.25) is 4.79 Å². The van der Waals surface area contributed by atoms with Crippen molar-refractivity contribution in [1.29, 1.82) is 0 Å². The van der Waals surface area contributed by atoms with Gasteiger partial charge in [-0.25, -0.2) is 18.4 Å². The van der Waals surface area contributed by atoms with Crippen molar-refractivity contribution in [1.82, 2.24) is 15.3 Å². The first-order valence-corrected chi connectivity index (χ1v) is 14.3. The summed E-state index contributed by atoms with van der Waals surface area (Å²) >= 11 is 0. The Morgan fingerprint density at radius 2 is 1.81 bits per heavy atom. The second-order valence-corrected chi connectivity index (χ2v) is 11.8. The van der Waals surface area contributed by atoms with Crippen LogP contribution in [-0.4, -0.2) is 43.2 Å². The van der Waals surface area contributed by atoms with E-state index >= 15 is 0 Å². The van der Waals surface area contributed by atoms with Gasteiger partial charge in [-0.15, -0.1) is 0 Å². The third kappa shape index (κ3) is 6.10. The molecule has 196 valence electrons. The van der Waals surface area contributed by atoms with Gasteiger partial charge in [0.15, 0.2) is 15.6 Å². The predicted octanol–water partition coefficient (Wildman–Crippen LogP) is 4.36. The molecular formula is C28H34N4O4S. The van der Waals surface area contributed by atoms with Crippen molar-refractivity contribution in [2.75, 3.05) is 23.8 Å². The van der Waals surface area contributed by atoms with Crippen molar-refractivity contribution >= 4 is 21.7 Å². The van der Waals surface area contributed by atoms with Crippen LogP contribution in [0.15, 0.2) is 59.8 Å². The largest absolute Gasteiger partial charge is 0.491 e. The van der Waals surface area contributed by atoms with E-state index < -0.39 is 9.84 Å². The Morgan fingerprint density at radius 3 is 2.43 bits per heavy atom. The molecule has 9 heteroatoms. The fourth-order valence-corrected chi connectivity index (χ4v) is 5.44. The molecule has 1 aliphatic rings. The number of anilines is 1. The molecule has 3 aromatic rings. The van der Waals surface area contributed by atoms with Gasteiger partial charge in [-0.05, 0) is 53.8 Å². The highest BCUT2D eigenvalue weighted by atomic mass is 32.2. The Labute approximate surface area is 219 Å². The van der Waals surface area contributed by atoms with E-state index in [2.05, 4.69) is 40.1 Å². The maximum absolute atomic E-state index is 13.0. The van der Waals surface area contributed by atoms with Crippen LogP contribution in [-0.2, 0) is 22.9 Å². The molecule has 0 spiro atoms. The number of aromatic nitrogens is 2. The molecule has 1 aliphatic heterocycles. The molecule has 4 rings (SSSR count). The fraction of sp³-hybridized carbons (Fsp3) is 0.393. The summed E-state index contributed by atoms with van der Waals surface area (Å²) in [4.78, 5) is 24.4. The summed E-state index contributed by atoms with van der Waals surface area (Å²) in [5.74, 6) is 1.86. The van der Waals surface area contributed by atoms with Gasteiger partial charge in [0.2, 0.25) is 5.95 Å². The van der Waals surface area contributed by atoms with Crippen molar-refractivity contribution in [3.63, 3.8) is 0 Å². The molecule has 8 nitrogen and oxygen atoms in total. The minimum Gasteiger partial charge on any atom is -0.491 e. The highest BCUT2D eigenvalue weighted by molar-refractivity contribution is 7.91. The van der Waals surface area contributed by atoms with E-state index in [-0.39, 0.29) is 17.6 Å². The number of rotatable bonds is 9. The number of nitrogens with one attached hydrogen (secondary N) is 1. The van der Waals surface area contributed by atoms with Gasteiger partial charge in [0.25, 0.3) is 5.91 Å². The van der Waals surface area contributed by atoms with E-state index in [1.54, 1.807) is 43.6 Å². The molecule has 2 aromatic carbocycles. The lowest BCUT2D eigenvalue weighted by molar-refractivity contribution is 0.0950. The average Bonchev–Trinajstić information content (AvgIpc) is 2.91. The molecule has 1 unspecified atom stereocenters. The lowest BCUT2D eigenvalue weighted by atomic mass is 9.82. The number of sulfone groups is 1. The molecule has 0 saturated heterocycles. The quantitative estimate of drug-likeness (QED) is 0.446. The average molecular weight is 523 g/mol. The summed E-state index contributed by atoms with van der Waals surface area (Å²) in [7, 11) is -3.24. The Hall–Kier alpha value is -3.46. The van der Waals surface area contributed by atoms with E-state index in [0.717, 1.165) is 17.7 Å². The maximum Gasteiger partial charge on any atom is 0.251 e. The second-order valence-electron chi connectivity index (χ2n) is 9.53. The molecule has 2 heterocycles. The van der Waals surface area contributed by atoms with Gasteiger partial charge in [0.1, 0.15) is 0 Å². The number of hydrogen-bond acceptors (Lipinski definition) is 7. The van der Waals surface area contributed by atoms with Gasteiger partial charge >= 0.3 is 0 Å². The summed E-state index contributed by atoms with van der Waals surface area (Å²) in [6, 6.07) is 12.5. The minimum absolute atomic E-state index is 0.0568. The molecule has 1 N–H and O–H groups in total. The standard InChI is InChI=1S/C28H34N4O4S/c1-5-36-23-15-30-28(31-16-23)32-17-22-13-21(9-12-25(22)26(18-32)19(3)4)27(33)29-14-20-7-10-24(11-8-20)37(34,35)6-2/h7-13,15-16,19,26H,5-6,14,17-18H2,1-4H3,(H,29,33). The van der Waals surface area contributed by atoms with E-state index in [9.17, 15) is 13.2 Å². The van der Waals surface area contributed by atoms with Gasteiger partial charge in [0.05, 0.1) is 29.6 Å². The molecule has 37 heavy (non-hydrogen) atoms. The smallest absolute Gasteiger partial charge is 0.251 e. The first kappa shape index (κ1) is 26.6. The van der Waals surface area contributed by atoms with E-state index in [1.807, 2.05) is 19.1 Å². The SMILES string of the molecule is CCOc1cnc(N2Cc3cc(C(=O)NCc4ccc(S(=O)(=O)CC)cc4)ccc3C(C(C)C)C2)nc1. The van der Waals surface area contributed by atoms with Crippen LogP contribution in [0.3, 0.4) is 0 Å². The van der Waals surface area contributed by atoms with Crippen LogP contribution in [0.25, 0.3) is 0 Å². The number of fused-ring (bicyclic) bond motifs is 1. The van der Waals surface area contributed by atoms with Gasteiger partial charge in [-0.1, -0.05) is 39.0 Å². The predicted molar refractivity (Wildman–Crippen MR) is 144 cm³/mol. The van der Waals surface area contributed by atoms with Crippen molar-refractivity contribution in [3.05, 3.63) is 77.1 Å². The zero-order valence-electron chi connectivity index (χ0n) is 21.8. The van der Waals surface area contributed by atoms with Crippen LogP contribution in [0.1, 0.15) is 60.7 Å². The number of hydrogen-bond donors (Lipinski definition) is 1. The number of nitrogens with zero attached hydrogens (tertiary/aromatic N) is 3. The summed E-state index contributed by atoms with van der Waals surface area (Å²) in [5, 5.41) is 2.95. The van der Waals surface area contributed by atoms with Crippen molar-refractivity contribution in [2.24, 2.45) is 5.92 Å². The molecule has 0 fully saturated rings. The third-order valence-corrected chi connectivity index (χ3v) is 8.46. The first-order valence-electron chi connectivity index (χ1n) is 12.6. The van der Waals surface area contributed by atoms with Gasteiger partial charge in [0, 0.05) is 31.1 Å². The van der Waals surface area contributed by atoms with E-state index in [4.69, 9.17) is 4.74 Å². The molecular weight excluding hydrogens is 488 g/mol. The monoisotopic (exact) mass is 522 g/mol. The minimum atomic E-state index is -3.24. The fourth-order valence-electron chi connectivity index (χ4n) is 4.55. The number of carbonyl (C=O) groups is 1. The topological polar surface area (TPSA) is 101 Å². The molecule has 0 radical (unpaired) electrons. The van der Waals surface area contributed by atoms with Crippen molar-refractivity contribution in [3.8, 4) is 5.75 Å². The summed E-state index contributed by atoms with van der Waals surface area (Å²) < 4.78 is 29.5. The second kappa shape index (κ2) is 11.3. The lowest BCUT2D eigenvalue weighted by Crippen LogP contribution is -2.37. The van der Waals surface area contributed by atoms with Crippen LogP contribution in [0, 0.1) is 5.92 Å².